The molecule has 0 aliphatic heterocycles. The van der Waals surface area contributed by atoms with Gasteiger partial charge in [0.05, 0.1) is 0 Å². The Morgan fingerprint density at radius 3 is 1.08 bits per heavy atom. The van der Waals surface area contributed by atoms with E-state index in [0.29, 0.717) is 12.1 Å². The highest BCUT2D eigenvalue weighted by Gasteiger charge is 2.10. The van der Waals surface area contributed by atoms with Crippen molar-refractivity contribution in [3.05, 3.63) is 0 Å². The summed E-state index contributed by atoms with van der Waals surface area (Å²) in [6, 6.07) is 1.93. The Bertz CT molecular complexity index is 435. The molecule has 10 nitrogen and oxygen atoms in total. The van der Waals surface area contributed by atoms with Crippen molar-refractivity contribution < 1.29 is 0 Å². The predicted octanol–water partition coefficient (Wildman–Crippen LogP) is -0.229. The van der Waals surface area contributed by atoms with E-state index in [-0.39, 0.29) is 24.2 Å². The van der Waals surface area contributed by atoms with E-state index < -0.39 is 0 Å². The molecule has 0 saturated carbocycles. The van der Waals surface area contributed by atoms with E-state index in [9.17, 15) is 0 Å². The largest absolute Gasteiger partial charge is 0.328 e. The second-order valence-corrected chi connectivity index (χ2v) is 11.6. The van der Waals surface area contributed by atoms with E-state index in [0.717, 1.165) is 117 Å². The van der Waals surface area contributed by atoms with E-state index in [1.165, 1.54) is 0 Å². The fraction of sp³-hybridized carbons (Fsp3) is 1.00. The van der Waals surface area contributed by atoms with Crippen LogP contribution in [0.5, 0.6) is 0 Å². The lowest BCUT2D eigenvalue weighted by Gasteiger charge is -2.22. The third-order valence-electron chi connectivity index (χ3n) is 6.69. The highest BCUT2D eigenvalue weighted by Crippen LogP contribution is 1.99. The van der Waals surface area contributed by atoms with Gasteiger partial charge in [-0.1, -0.05) is 0 Å². The molecule has 6 unspecified atom stereocenters. The van der Waals surface area contributed by atoms with Crippen molar-refractivity contribution >= 4 is 0 Å². The van der Waals surface area contributed by atoms with Crippen LogP contribution in [-0.2, 0) is 0 Å². The predicted molar refractivity (Wildman–Crippen MR) is 167 cm³/mol. The molecule has 0 aromatic carbocycles. The van der Waals surface area contributed by atoms with Crippen molar-refractivity contribution in [2.24, 2.45) is 22.9 Å². The van der Waals surface area contributed by atoms with Gasteiger partial charge >= 0.3 is 0 Å². The molecule has 0 aromatic rings. The highest BCUT2D eigenvalue weighted by atomic mass is 15.0. The molecule has 0 spiro atoms. The Kier molecular flexibility index (Phi) is 26.5. The quantitative estimate of drug-likeness (QED) is 0.0566. The molecule has 230 valence electrons. The van der Waals surface area contributed by atoms with Crippen LogP contribution in [0.2, 0.25) is 0 Å². The van der Waals surface area contributed by atoms with Crippen LogP contribution in [0.25, 0.3) is 0 Å². The molecule has 0 heterocycles. The van der Waals surface area contributed by atoms with Crippen molar-refractivity contribution in [3.8, 4) is 0 Å². The molecule has 0 fully saturated rings. The molecule has 0 radical (unpaired) electrons. The zero-order valence-corrected chi connectivity index (χ0v) is 25.5. The number of rotatable bonds is 29. The molecule has 14 N–H and O–H groups in total. The second kappa shape index (κ2) is 26.8. The zero-order chi connectivity index (χ0) is 28.4. The maximum absolute atomic E-state index is 5.94. The van der Waals surface area contributed by atoms with Gasteiger partial charge in [-0.15, -0.1) is 0 Å². The summed E-state index contributed by atoms with van der Waals surface area (Å²) in [5, 5.41) is 21.7. The maximum Gasteiger partial charge on any atom is 0.0192 e. The molecular weight excluding hydrogens is 476 g/mol. The first kappa shape index (κ1) is 37.6. The van der Waals surface area contributed by atoms with E-state index in [1.54, 1.807) is 0 Å². The van der Waals surface area contributed by atoms with E-state index in [4.69, 9.17) is 22.9 Å². The number of nitrogens with one attached hydrogen (secondary N) is 6. The second-order valence-electron chi connectivity index (χ2n) is 11.6. The monoisotopic (exact) mass is 545 g/mol. The Labute approximate surface area is 235 Å². The maximum atomic E-state index is 5.94. The summed E-state index contributed by atoms with van der Waals surface area (Å²) in [4.78, 5) is 0. The molecular formula is C28H68N10. The first-order valence-corrected chi connectivity index (χ1v) is 15.5. The Morgan fingerprint density at radius 1 is 0.395 bits per heavy atom. The van der Waals surface area contributed by atoms with Gasteiger partial charge in [-0.25, -0.2) is 0 Å². The zero-order valence-electron chi connectivity index (χ0n) is 25.5. The average molecular weight is 545 g/mol. The molecule has 0 saturated heterocycles. The van der Waals surface area contributed by atoms with Gasteiger partial charge in [0.15, 0.2) is 0 Å². The van der Waals surface area contributed by atoms with Crippen molar-refractivity contribution in [1.29, 1.82) is 0 Å². The summed E-state index contributed by atoms with van der Waals surface area (Å²) < 4.78 is 0. The first-order chi connectivity index (χ1) is 18.2. The topological polar surface area (TPSA) is 176 Å². The summed E-state index contributed by atoms with van der Waals surface area (Å²) in [6.07, 6.45) is 8.67. The van der Waals surface area contributed by atoms with Gasteiger partial charge in [-0.3, -0.25) is 0 Å². The van der Waals surface area contributed by atoms with Crippen LogP contribution < -0.4 is 54.8 Å². The van der Waals surface area contributed by atoms with Gasteiger partial charge in [0.25, 0.3) is 0 Å². The summed E-state index contributed by atoms with van der Waals surface area (Å²) >= 11 is 0. The van der Waals surface area contributed by atoms with E-state index >= 15 is 0 Å². The molecule has 0 aromatic heterocycles. The van der Waals surface area contributed by atoms with Crippen molar-refractivity contribution in [2.45, 2.75) is 115 Å². The van der Waals surface area contributed by atoms with Gasteiger partial charge in [0, 0.05) is 62.4 Å². The minimum atomic E-state index is 0.236. The van der Waals surface area contributed by atoms with E-state index in [1.807, 2.05) is 0 Å². The lowest BCUT2D eigenvalue weighted by molar-refractivity contribution is 0.407. The summed E-state index contributed by atoms with van der Waals surface area (Å²) in [5.74, 6) is 0. The van der Waals surface area contributed by atoms with Crippen LogP contribution >= 0.6 is 0 Å². The van der Waals surface area contributed by atoms with Crippen LogP contribution in [0, 0.1) is 0 Å². The smallest absolute Gasteiger partial charge is 0.0192 e. The lowest BCUT2D eigenvalue weighted by Crippen LogP contribution is -2.44. The molecule has 6 atom stereocenters. The fourth-order valence-electron chi connectivity index (χ4n) is 4.17. The molecule has 0 amide bonds. The first-order valence-electron chi connectivity index (χ1n) is 15.5. The summed E-state index contributed by atoms with van der Waals surface area (Å²) in [5.41, 5.74) is 23.5. The number of hydrogen-bond donors (Lipinski definition) is 10. The minimum Gasteiger partial charge on any atom is -0.328 e. The van der Waals surface area contributed by atoms with Crippen LogP contribution in [0.4, 0.5) is 0 Å². The molecule has 0 bridgehead atoms. The van der Waals surface area contributed by atoms with Gasteiger partial charge in [-0.05, 0) is 118 Å². The average Bonchev–Trinajstić information content (AvgIpc) is 2.83. The molecule has 38 heavy (non-hydrogen) atoms. The lowest BCUT2D eigenvalue weighted by atomic mass is 10.1. The van der Waals surface area contributed by atoms with Crippen LogP contribution in [0.3, 0.4) is 0 Å². The van der Waals surface area contributed by atoms with Crippen LogP contribution in [0.1, 0.15) is 79.1 Å². The summed E-state index contributed by atoms with van der Waals surface area (Å²) in [7, 11) is 0. The Hall–Kier alpha value is -0.400. The standard InChI is InChI=1S/C28H68N10/c1-23(29)9-15-33-13-5-7-27(37-17-11-25(3)31)21-35-19-20-36-22-28(38-18-12-26(4)32)8-6-14-34-16-10-24(2)30/h23-28,33-38H,5-22,29-32H2,1-4H3. The number of nitrogens with two attached hydrogens (primary N) is 4. The molecule has 0 aliphatic carbocycles. The minimum absolute atomic E-state index is 0.236. The highest BCUT2D eigenvalue weighted by molar-refractivity contribution is 4.74. The molecule has 10 heteroatoms. The van der Waals surface area contributed by atoms with Crippen molar-refractivity contribution in [2.75, 3.05) is 65.4 Å². The SMILES string of the molecule is CC(N)CCNCCCC(CNCCNCC(CCCNCCC(C)N)NCCC(C)N)NCCC(C)N. The van der Waals surface area contributed by atoms with Crippen molar-refractivity contribution in [3.63, 3.8) is 0 Å². The normalized spacial score (nSPS) is 16.7. The van der Waals surface area contributed by atoms with Gasteiger partial charge in [0.2, 0.25) is 0 Å². The third kappa shape index (κ3) is 28.6. The fourth-order valence-corrected chi connectivity index (χ4v) is 4.17. The van der Waals surface area contributed by atoms with Gasteiger partial charge in [0.1, 0.15) is 0 Å². The van der Waals surface area contributed by atoms with Gasteiger partial charge < -0.3 is 54.8 Å². The number of hydrogen-bond acceptors (Lipinski definition) is 10. The van der Waals surface area contributed by atoms with Crippen LogP contribution in [-0.4, -0.2) is 102 Å². The molecule has 0 rings (SSSR count). The van der Waals surface area contributed by atoms with Crippen molar-refractivity contribution in [1.82, 2.24) is 31.9 Å². The molecule has 0 aliphatic rings. The Balaban J connectivity index is 4.21. The van der Waals surface area contributed by atoms with Gasteiger partial charge in [-0.2, -0.15) is 0 Å². The van der Waals surface area contributed by atoms with E-state index in [2.05, 4.69) is 59.6 Å². The third-order valence-corrected chi connectivity index (χ3v) is 6.69. The summed E-state index contributed by atoms with van der Waals surface area (Å²) in [6.45, 7) is 18.1. The Morgan fingerprint density at radius 2 is 0.737 bits per heavy atom. The van der Waals surface area contributed by atoms with Crippen LogP contribution in [0.15, 0.2) is 0 Å².